The van der Waals surface area contributed by atoms with Crippen molar-refractivity contribution in [2.75, 3.05) is 0 Å². The molecule has 0 heterocycles. The molecule has 0 saturated heterocycles. The number of halogens is 3. The summed E-state index contributed by atoms with van der Waals surface area (Å²) in [5, 5.41) is 0. The molecule has 0 radical (unpaired) electrons. The molecule has 4 heteroatoms. The molecule has 1 aliphatic rings. The van der Waals surface area contributed by atoms with E-state index in [0.29, 0.717) is 6.42 Å². The maximum absolute atomic E-state index is 12.7. The predicted octanol–water partition coefficient (Wildman–Crippen LogP) is 4.80. The number of alkyl halides is 3. The molecule has 2 atom stereocenters. The fourth-order valence-corrected chi connectivity index (χ4v) is 2.98. The number of nitrogens with two attached hydrogens (primary N) is 1. The van der Waals surface area contributed by atoms with E-state index in [1.165, 1.54) is 19.3 Å². The van der Waals surface area contributed by atoms with Gasteiger partial charge in [0.2, 0.25) is 0 Å². The van der Waals surface area contributed by atoms with Crippen LogP contribution in [0.25, 0.3) is 0 Å². The molecule has 0 aromatic rings. The van der Waals surface area contributed by atoms with Gasteiger partial charge in [0.25, 0.3) is 0 Å². The van der Waals surface area contributed by atoms with Crippen LogP contribution in [0.1, 0.15) is 71.1 Å². The summed E-state index contributed by atoms with van der Waals surface area (Å²) in [6.07, 6.45) is 4.11. The van der Waals surface area contributed by atoms with Crippen LogP contribution in [-0.2, 0) is 0 Å². The van der Waals surface area contributed by atoms with Crippen molar-refractivity contribution in [1.29, 1.82) is 0 Å². The lowest BCUT2D eigenvalue weighted by Gasteiger charge is -2.39. The second kappa shape index (κ2) is 6.78. The van der Waals surface area contributed by atoms with Crippen molar-refractivity contribution in [3.8, 4) is 0 Å². The molecule has 1 fully saturated rings. The van der Waals surface area contributed by atoms with Crippen LogP contribution in [0.3, 0.4) is 0 Å². The van der Waals surface area contributed by atoms with E-state index in [0.717, 1.165) is 25.7 Å². The van der Waals surface area contributed by atoms with Crippen LogP contribution in [0, 0.1) is 5.92 Å². The van der Waals surface area contributed by atoms with E-state index in [2.05, 4.69) is 6.92 Å². The molecule has 108 valence electrons. The van der Waals surface area contributed by atoms with E-state index in [1.54, 1.807) is 0 Å². The van der Waals surface area contributed by atoms with Crippen LogP contribution >= 0.6 is 0 Å². The second-order valence-corrected chi connectivity index (χ2v) is 5.86. The summed E-state index contributed by atoms with van der Waals surface area (Å²) < 4.78 is 38.2. The lowest BCUT2D eigenvalue weighted by Crippen LogP contribution is -2.47. The molecule has 1 nitrogen and oxygen atoms in total. The molecule has 0 amide bonds. The molecular weight excluding hydrogens is 239 g/mol. The monoisotopic (exact) mass is 265 g/mol. The summed E-state index contributed by atoms with van der Waals surface area (Å²) in [6, 6.07) is 0. The molecular formula is C14H26F3N. The Balaban J connectivity index is 2.33. The summed E-state index contributed by atoms with van der Waals surface area (Å²) >= 11 is 0. The minimum absolute atomic E-state index is 0.129. The van der Waals surface area contributed by atoms with Gasteiger partial charge in [0.05, 0.1) is 5.92 Å². The summed E-state index contributed by atoms with van der Waals surface area (Å²) in [5.74, 6) is -1.17. The highest BCUT2D eigenvalue weighted by molar-refractivity contribution is 4.92. The highest BCUT2D eigenvalue weighted by atomic mass is 19.4. The van der Waals surface area contributed by atoms with E-state index < -0.39 is 17.6 Å². The third-order valence-electron chi connectivity index (χ3n) is 4.12. The molecule has 2 N–H and O–H groups in total. The zero-order valence-electron chi connectivity index (χ0n) is 11.4. The Bertz CT molecular complexity index is 240. The van der Waals surface area contributed by atoms with Crippen LogP contribution < -0.4 is 5.73 Å². The van der Waals surface area contributed by atoms with Gasteiger partial charge in [0.15, 0.2) is 0 Å². The number of unbranched alkanes of at least 4 members (excludes halogenated alkanes) is 4. The molecule has 0 spiro atoms. The van der Waals surface area contributed by atoms with Gasteiger partial charge in [-0.2, -0.15) is 13.2 Å². The van der Waals surface area contributed by atoms with Crippen molar-refractivity contribution in [1.82, 2.24) is 0 Å². The second-order valence-electron chi connectivity index (χ2n) is 5.86. The van der Waals surface area contributed by atoms with Crippen molar-refractivity contribution < 1.29 is 13.2 Å². The average Bonchev–Trinajstić information content (AvgIpc) is 2.27. The van der Waals surface area contributed by atoms with Gasteiger partial charge >= 0.3 is 6.18 Å². The fraction of sp³-hybridized carbons (Fsp3) is 1.00. The Labute approximate surface area is 108 Å². The van der Waals surface area contributed by atoms with Crippen molar-refractivity contribution in [2.24, 2.45) is 11.7 Å². The lowest BCUT2D eigenvalue weighted by molar-refractivity contribution is -0.187. The first kappa shape index (κ1) is 15.8. The topological polar surface area (TPSA) is 26.0 Å². The van der Waals surface area contributed by atoms with Gasteiger partial charge in [0, 0.05) is 5.54 Å². The molecule has 18 heavy (non-hydrogen) atoms. The minimum Gasteiger partial charge on any atom is -0.325 e. The van der Waals surface area contributed by atoms with Gasteiger partial charge in [-0.25, -0.2) is 0 Å². The van der Waals surface area contributed by atoms with Crippen LogP contribution in [0.2, 0.25) is 0 Å². The van der Waals surface area contributed by atoms with Gasteiger partial charge < -0.3 is 5.73 Å². The molecule has 2 unspecified atom stereocenters. The normalized spacial score (nSPS) is 29.5. The third kappa shape index (κ3) is 5.17. The SMILES string of the molecule is CCCCCCCC1(N)CCCC(C(F)(F)F)C1. The van der Waals surface area contributed by atoms with Crippen LogP contribution in [-0.4, -0.2) is 11.7 Å². The Hall–Kier alpha value is -0.250. The van der Waals surface area contributed by atoms with Gasteiger partial charge in [-0.1, -0.05) is 45.4 Å². The summed E-state index contributed by atoms with van der Waals surface area (Å²) in [6.45, 7) is 2.15. The van der Waals surface area contributed by atoms with Crippen molar-refractivity contribution >= 4 is 0 Å². The van der Waals surface area contributed by atoms with Crippen molar-refractivity contribution in [3.05, 3.63) is 0 Å². The summed E-state index contributed by atoms with van der Waals surface area (Å²) in [4.78, 5) is 0. The van der Waals surface area contributed by atoms with E-state index in [4.69, 9.17) is 5.73 Å². The van der Waals surface area contributed by atoms with Gasteiger partial charge in [0.1, 0.15) is 0 Å². The van der Waals surface area contributed by atoms with Gasteiger partial charge in [-0.15, -0.1) is 0 Å². The summed E-state index contributed by atoms with van der Waals surface area (Å²) in [7, 11) is 0. The molecule has 0 aliphatic heterocycles. The van der Waals surface area contributed by atoms with Crippen LogP contribution in [0.15, 0.2) is 0 Å². The highest BCUT2D eigenvalue weighted by Crippen LogP contribution is 2.42. The number of rotatable bonds is 6. The van der Waals surface area contributed by atoms with Crippen molar-refractivity contribution in [3.63, 3.8) is 0 Å². The maximum Gasteiger partial charge on any atom is 0.391 e. The number of hydrogen-bond acceptors (Lipinski definition) is 1. The molecule has 1 aliphatic carbocycles. The van der Waals surface area contributed by atoms with Crippen LogP contribution in [0.4, 0.5) is 13.2 Å². The Morgan fingerprint density at radius 2 is 1.83 bits per heavy atom. The maximum atomic E-state index is 12.7. The van der Waals surface area contributed by atoms with E-state index in [-0.39, 0.29) is 12.8 Å². The predicted molar refractivity (Wildman–Crippen MR) is 68.3 cm³/mol. The number of hydrogen-bond donors (Lipinski definition) is 1. The largest absolute Gasteiger partial charge is 0.391 e. The highest BCUT2D eigenvalue weighted by Gasteiger charge is 2.45. The van der Waals surface area contributed by atoms with E-state index >= 15 is 0 Å². The molecule has 0 aromatic carbocycles. The van der Waals surface area contributed by atoms with Gasteiger partial charge in [-0.3, -0.25) is 0 Å². The van der Waals surface area contributed by atoms with Crippen molar-refractivity contribution in [2.45, 2.75) is 82.8 Å². The van der Waals surface area contributed by atoms with Crippen LogP contribution in [0.5, 0.6) is 0 Å². The quantitative estimate of drug-likeness (QED) is 0.686. The fourth-order valence-electron chi connectivity index (χ4n) is 2.98. The lowest BCUT2D eigenvalue weighted by atomic mass is 9.73. The molecule has 1 saturated carbocycles. The van der Waals surface area contributed by atoms with E-state index in [1.807, 2.05) is 0 Å². The first-order chi connectivity index (χ1) is 8.37. The third-order valence-corrected chi connectivity index (χ3v) is 4.12. The smallest absolute Gasteiger partial charge is 0.325 e. The average molecular weight is 265 g/mol. The Morgan fingerprint density at radius 3 is 2.44 bits per heavy atom. The first-order valence-corrected chi connectivity index (χ1v) is 7.23. The van der Waals surface area contributed by atoms with E-state index in [9.17, 15) is 13.2 Å². The summed E-state index contributed by atoms with van der Waals surface area (Å²) in [5.41, 5.74) is 5.60. The Kier molecular flexibility index (Phi) is 5.96. The zero-order valence-corrected chi connectivity index (χ0v) is 11.4. The van der Waals surface area contributed by atoms with Gasteiger partial charge in [-0.05, 0) is 25.7 Å². The Morgan fingerprint density at radius 1 is 1.17 bits per heavy atom. The standard InChI is InChI=1S/C14H26F3N/c1-2-3-4-5-6-9-13(18)10-7-8-12(11-13)14(15,16)17/h12H,2-11,18H2,1H3. The molecule has 1 rings (SSSR count). The molecule has 0 aromatic heterocycles. The zero-order chi connectivity index (χ0) is 13.6. The first-order valence-electron chi connectivity index (χ1n) is 7.23. The minimum atomic E-state index is -4.06. The molecule has 0 bridgehead atoms.